The second-order valence-corrected chi connectivity index (χ2v) is 38.1. The number of halogens is 1. The molecule has 0 aliphatic carbocycles. The van der Waals surface area contributed by atoms with Crippen LogP contribution in [0.15, 0.2) is 9.66 Å². The van der Waals surface area contributed by atoms with Gasteiger partial charge in [-0.2, -0.15) is 0 Å². The molecule has 13 heteroatoms. The summed E-state index contributed by atoms with van der Waals surface area (Å²) < 4.78 is 63.4. The summed E-state index contributed by atoms with van der Waals surface area (Å²) in [6, 6.07) is 0. The van der Waals surface area contributed by atoms with Crippen LogP contribution in [0.5, 0.6) is 0 Å². The molecule has 0 aromatic rings. The number of hydrogen-bond donors (Lipinski definition) is 0. The molecule has 338 valence electrons. The third-order valence-corrected chi connectivity index (χ3v) is 28.1. The molecular weight excluding hydrogens is 884 g/mol. The molecule has 0 saturated carbocycles. The lowest BCUT2D eigenvalue weighted by Gasteiger charge is -2.56. The molecule has 0 unspecified atom stereocenters. The van der Waals surface area contributed by atoms with Crippen molar-refractivity contribution in [2.75, 3.05) is 27.9 Å². The normalized spacial score (nSPS) is 30.1. The molecule has 2 fully saturated rings. The van der Waals surface area contributed by atoms with Gasteiger partial charge in [0.1, 0.15) is 6.10 Å². The highest BCUT2D eigenvalue weighted by atomic mass is 127. The summed E-state index contributed by atoms with van der Waals surface area (Å²) in [7, 11) is -1.26. The predicted molar refractivity (Wildman–Crippen MR) is 252 cm³/mol. The fourth-order valence-corrected chi connectivity index (χ4v) is 12.0. The summed E-state index contributed by atoms with van der Waals surface area (Å²) in [6.45, 7) is 45.6. The van der Waals surface area contributed by atoms with E-state index in [0.717, 1.165) is 12.8 Å². The van der Waals surface area contributed by atoms with Crippen LogP contribution in [-0.2, 0) is 41.7 Å². The third-order valence-electron chi connectivity index (χ3n) is 14.1. The van der Waals surface area contributed by atoms with Crippen molar-refractivity contribution in [2.24, 2.45) is 11.8 Å². The zero-order valence-electron chi connectivity index (χ0n) is 40.9. The summed E-state index contributed by atoms with van der Waals surface area (Å²) in [5, 5.41) is 0.0920. The Kier molecular flexibility index (Phi) is 19.0. The van der Waals surface area contributed by atoms with Crippen LogP contribution in [0.2, 0.25) is 54.4 Å². The van der Waals surface area contributed by atoms with E-state index in [0.29, 0.717) is 19.4 Å². The molecule has 2 aliphatic rings. The van der Waals surface area contributed by atoms with E-state index in [1.165, 1.54) is 3.58 Å². The Morgan fingerprint density at radius 3 is 1.72 bits per heavy atom. The lowest BCUT2D eigenvalue weighted by atomic mass is 9.76. The Bertz CT molecular complexity index is 1280. The van der Waals surface area contributed by atoms with Gasteiger partial charge in [-0.1, -0.05) is 82.2 Å². The molecule has 2 heterocycles. The summed E-state index contributed by atoms with van der Waals surface area (Å²) in [6.07, 6.45) is 3.20. The first-order valence-electron chi connectivity index (χ1n) is 21.6. The first-order valence-corrected chi connectivity index (χ1v) is 31.4. The van der Waals surface area contributed by atoms with E-state index in [4.69, 9.17) is 41.7 Å². The molecule has 0 aromatic carbocycles. The van der Waals surface area contributed by atoms with Gasteiger partial charge in [-0.3, -0.25) is 0 Å². The van der Waals surface area contributed by atoms with Crippen LogP contribution < -0.4 is 0 Å². The van der Waals surface area contributed by atoms with Crippen molar-refractivity contribution in [2.45, 2.75) is 231 Å². The average molecular weight is 973 g/mol. The Balaban J connectivity index is 2.75. The van der Waals surface area contributed by atoms with Gasteiger partial charge in [0.2, 0.25) is 5.79 Å². The van der Waals surface area contributed by atoms with E-state index in [-0.39, 0.29) is 57.5 Å². The van der Waals surface area contributed by atoms with E-state index in [1.54, 1.807) is 21.3 Å². The average Bonchev–Trinajstić information content (AvgIpc) is 3.34. The van der Waals surface area contributed by atoms with Crippen LogP contribution in [-0.4, -0.2) is 107 Å². The minimum absolute atomic E-state index is 0.00732. The van der Waals surface area contributed by atoms with Gasteiger partial charge in [-0.25, -0.2) is 0 Å². The lowest BCUT2D eigenvalue weighted by molar-refractivity contribution is -0.366. The van der Waals surface area contributed by atoms with Crippen LogP contribution in [0, 0.1) is 11.8 Å². The van der Waals surface area contributed by atoms with E-state index < -0.39 is 48.7 Å². The van der Waals surface area contributed by atoms with E-state index >= 15 is 0 Å². The Morgan fingerprint density at radius 2 is 1.26 bits per heavy atom. The van der Waals surface area contributed by atoms with E-state index in [2.05, 4.69) is 151 Å². The highest BCUT2D eigenvalue weighted by molar-refractivity contribution is 14.1. The largest absolute Gasteiger partial charge is 0.413 e. The summed E-state index contributed by atoms with van der Waals surface area (Å²) >= 11 is 2.39. The van der Waals surface area contributed by atoms with Crippen molar-refractivity contribution in [1.82, 2.24) is 0 Å². The van der Waals surface area contributed by atoms with Gasteiger partial charge < -0.3 is 41.7 Å². The molecule has 2 aliphatic heterocycles. The van der Waals surface area contributed by atoms with Crippen molar-refractivity contribution in [3.8, 4) is 0 Å². The smallest absolute Gasteiger partial charge is 0.202 e. The Labute approximate surface area is 368 Å². The summed E-state index contributed by atoms with van der Waals surface area (Å²) in [5.74, 6) is -2.26. The lowest BCUT2D eigenvalue weighted by Crippen LogP contribution is -2.67. The van der Waals surface area contributed by atoms with Gasteiger partial charge in [-0.05, 0) is 114 Å². The molecule has 0 N–H and O–H groups in total. The minimum atomic E-state index is -2.26. The second-order valence-electron chi connectivity index (χ2n) is 22.2. The molecule has 0 amide bonds. The van der Waals surface area contributed by atoms with E-state index in [1.807, 2.05) is 13.8 Å². The molecule has 2 saturated heterocycles. The molecule has 9 nitrogen and oxygen atoms in total. The number of rotatable bonds is 19. The molecule has 0 radical (unpaired) electrons. The summed E-state index contributed by atoms with van der Waals surface area (Å²) in [5.41, 5.74) is 0. The van der Waals surface area contributed by atoms with Crippen LogP contribution in [0.25, 0.3) is 0 Å². The third kappa shape index (κ3) is 13.6. The monoisotopic (exact) mass is 972 g/mol. The van der Waals surface area contributed by atoms with Crippen molar-refractivity contribution < 1.29 is 41.7 Å². The van der Waals surface area contributed by atoms with Gasteiger partial charge in [0.05, 0.1) is 43.2 Å². The van der Waals surface area contributed by atoms with Gasteiger partial charge in [0.15, 0.2) is 30.7 Å². The van der Waals surface area contributed by atoms with Crippen LogP contribution >= 0.6 is 22.6 Å². The van der Waals surface area contributed by atoms with Gasteiger partial charge >= 0.3 is 0 Å². The zero-order chi connectivity index (χ0) is 44.4. The van der Waals surface area contributed by atoms with Crippen molar-refractivity contribution >= 4 is 47.5 Å². The fourth-order valence-electron chi connectivity index (χ4n) is 7.50. The number of ether oxygens (including phenoxy) is 6. The number of allylic oxidation sites excluding steroid dienone is 2. The standard InChI is InChI=1S/C44H89IO9Si3/c1-30(45)25-24-26-34(53-56(20,21)41(7,8)9)36(47-16)28-37-39(51-43(13,14)49-37)44(48-17)32(3)38(54-57(22,23)42(10,11)12)31(2)35(50-44)27-33(29-46-15)52-55(18,19)40(4,5)6/h25,31-39H,24,26-29H2,1-23H3/b30-25+/t31-,32+,33+,34-,35+,36-,37-,38-,39+,44+/m0/s1. The van der Waals surface area contributed by atoms with Gasteiger partial charge in [0.25, 0.3) is 0 Å². The first kappa shape index (κ1) is 53.9. The first-order chi connectivity index (χ1) is 25.6. The molecule has 2 rings (SSSR count). The summed E-state index contributed by atoms with van der Waals surface area (Å²) in [4.78, 5) is 0. The molecule has 57 heavy (non-hydrogen) atoms. The highest BCUT2D eigenvalue weighted by Gasteiger charge is 2.64. The van der Waals surface area contributed by atoms with Crippen molar-refractivity contribution in [3.05, 3.63) is 9.66 Å². The number of methoxy groups -OCH3 is 3. The zero-order valence-corrected chi connectivity index (χ0v) is 46.0. The number of hydrogen-bond acceptors (Lipinski definition) is 9. The SMILES string of the molecule is COC[C@@H](C[C@H]1O[C@@](OC)([C@@H]2OC(C)(C)O[C@H]2C[C@H](OC)[C@H](CC/C=C(\C)I)O[Si](C)(C)C(C)(C)C)[C@H](C)[C@@H](O[Si](C)(C)C(C)(C)C)[C@H]1C)O[Si](C)(C)C(C)(C)C. The quantitative estimate of drug-likeness (QED) is 0.0928. The van der Waals surface area contributed by atoms with Crippen LogP contribution in [0.1, 0.15) is 123 Å². The molecule has 0 spiro atoms. The topological polar surface area (TPSA) is 83.1 Å². The molecule has 10 atom stereocenters. The molecular formula is C44H89IO9Si3. The van der Waals surface area contributed by atoms with Gasteiger partial charge in [0, 0.05) is 46.0 Å². The van der Waals surface area contributed by atoms with Crippen molar-refractivity contribution in [3.63, 3.8) is 0 Å². The fraction of sp³-hybridized carbons (Fsp3) is 0.955. The molecule has 0 bridgehead atoms. The molecule has 0 aromatic heterocycles. The Hall–Kier alpha value is 0.761. The predicted octanol–water partition coefficient (Wildman–Crippen LogP) is 12.3. The maximum Gasteiger partial charge on any atom is 0.202 e. The van der Waals surface area contributed by atoms with Crippen molar-refractivity contribution in [1.29, 1.82) is 0 Å². The maximum absolute atomic E-state index is 7.47. The Morgan fingerprint density at radius 1 is 0.737 bits per heavy atom. The second kappa shape index (κ2) is 20.1. The van der Waals surface area contributed by atoms with Gasteiger partial charge in [-0.15, -0.1) is 0 Å². The van der Waals surface area contributed by atoms with Crippen LogP contribution in [0.4, 0.5) is 0 Å². The van der Waals surface area contributed by atoms with E-state index in [9.17, 15) is 0 Å². The minimum Gasteiger partial charge on any atom is -0.413 e. The van der Waals surface area contributed by atoms with Crippen LogP contribution in [0.3, 0.4) is 0 Å². The highest BCUT2D eigenvalue weighted by Crippen LogP contribution is 2.52. The maximum atomic E-state index is 7.47.